The van der Waals surface area contributed by atoms with Gasteiger partial charge in [-0.05, 0) is 57.5 Å². The molecule has 0 amide bonds. The van der Waals surface area contributed by atoms with E-state index >= 15 is 0 Å². The Balaban J connectivity index is 1.91. The molecule has 1 aliphatic rings. The molecule has 6 nitrogen and oxygen atoms in total. The summed E-state index contributed by atoms with van der Waals surface area (Å²) in [6.07, 6.45) is 5.89. The van der Waals surface area contributed by atoms with Crippen LogP contribution in [0.3, 0.4) is 0 Å². The van der Waals surface area contributed by atoms with Crippen LogP contribution in [0.2, 0.25) is 0 Å². The maximum Gasteiger partial charge on any atom is 0.173 e. The summed E-state index contributed by atoms with van der Waals surface area (Å²) < 4.78 is 3.18. The number of hydrogen-bond donors (Lipinski definition) is 3. The summed E-state index contributed by atoms with van der Waals surface area (Å²) in [5.41, 5.74) is 12.7. The molecule has 8 heteroatoms. The van der Waals surface area contributed by atoms with Crippen molar-refractivity contribution in [3.8, 4) is 0 Å². The van der Waals surface area contributed by atoms with Crippen molar-refractivity contribution in [1.29, 1.82) is 0 Å². The monoisotopic (exact) mass is 402 g/mol. The molecule has 0 aliphatic heterocycles. The van der Waals surface area contributed by atoms with E-state index in [0.717, 1.165) is 40.4 Å². The number of nitrogens with one attached hydrogen (secondary N) is 1. The maximum absolute atomic E-state index is 6.09. The summed E-state index contributed by atoms with van der Waals surface area (Å²) >= 11 is 6.93. The molecule has 2 heterocycles. The molecular formula is C12H16Br2N6. The Kier molecular flexibility index (Phi) is 3.87. The Morgan fingerprint density at radius 1 is 1.25 bits per heavy atom. The number of aromatic nitrogens is 3. The van der Waals surface area contributed by atoms with Gasteiger partial charge in [0.2, 0.25) is 0 Å². The van der Waals surface area contributed by atoms with Crippen LogP contribution in [0, 0.1) is 0 Å². The standard InChI is InChI=1S/C12H16Br2N6/c13-8-5-17-20-10(16)9(14)11(19-12(8)20)18-7-3-1-6(15)2-4-7/h5-7H,1-4,15-16H2,(H,18,19). The molecule has 2 aromatic rings. The Labute approximate surface area is 133 Å². The lowest BCUT2D eigenvalue weighted by atomic mass is 9.92. The Bertz CT molecular complexity index is 632. The van der Waals surface area contributed by atoms with Gasteiger partial charge in [-0.25, -0.2) is 4.98 Å². The molecule has 20 heavy (non-hydrogen) atoms. The third kappa shape index (κ3) is 2.51. The first-order chi connectivity index (χ1) is 9.56. The average Bonchev–Trinajstić information content (AvgIpc) is 2.80. The van der Waals surface area contributed by atoms with E-state index in [1.807, 2.05) is 0 Å². The number of halogens is 2. The van der Waals surface area contributed by atoms with Crippen molar-refractivity contribution < 1.29 is 0 Å². The van der Waals surface area contributed by atoms with Crippen LogP contribution in [0.5, 0.6) is 0 Å². The van der Waals surface area contributed by atoms with Gasteiger partial charge >= 0.3 is 0 Å². The van der Waals surface area contributed by atoms with Gasteiger partial charge < -0.3 is 16.8 Å². The van der Waals surface area contributed by atoms with Crippen LogP contribution in [0.4, 0.5) is 11.6 Å². The highest BCUT2D eigenvalue weighted by molar-refractivity contribution is 9.11. The van der Waals surface area contributed by atoms with E-state index in [2.05, 4.69) is 47.3 Å². The predicted molar refractivity (Wildman–Crippen MR) is 86.7 cm³/mol. The Morgan fingerprint density at radius 2 is 1.95 bits per heavy atom. The van der Waals surface area contributed by atoms with Crippen molar-refractivity contribution in [1.82, 2.24) is 14.6 Å². The third-order valence-corrected chi connectivity index (χ3v) is 5.03. The average molecular weight is 404 g/mol. The molecule has 0 saturated heterocycles. The second kappa shape index (κ2) is 5.50. The summed E-state index contributed by atoms with van der Waals surface area (Å²) in [5.74, 6) is 1.30. The second-order valence-corrected chi connectivity index (χ2v) is 6.79. The normalized spacial score (nSPS) is 23.1. The van der Waals surface area contributed by atoms with Gasteiger partial charge in [0, 0.05) is 12.1 Å². The van der Waals surface area contributed by atoms with E-state index in [1.165, 1.54) is 0 Å². The summed E-state index contributed by atoms with van der Waals surface area (Å²) in [4.78, 5) is 4.59. The number of rotatable bonds is 2. The summed E-state index contributed by atoms with van der Waals surface area (Å²) in [5, 5.41) is 7.65. The topological polar surface area (TPSA) is 94.3 Å². The van der Waals surface area contributed by atoms with Crippen LogP contribution in [0.1, 0.15) is 25.7 Å². The van der Waals surface area contributed by atoms with Crippen LogP contribution in [0.15, 0.2) is 15.1 Å². The molecule has 3 rings (SSSR count). The third-order valence-electron chi connectivity index (χ3n) is 3.69. The number of hydrogen-bond acceptors (Lipinski definition) is 5. The van der Waals surface area contributed by atoms with Gasteiger partial charge in [0.1, 0.15) is 16.1 Å². The fraction of sp³-hybridized carbons (Fsp3) is 0.500. The van der Waals surface area contributed by atoms with Crippen molar-refractivity contribution >= 4 is 49.1 Å². The molecule has 1 saturated carbocycles. The lowest BCUT2D eigenvalue weighted by molar-refractivity contribution is 0.410. The van der Waals surface area contributed by atoms with Gasteiger partial charge in [0.05, 0.1) is 10.7 Å². The largest absolute Gasteiger partial charge is 0.383 e. The predicted octanol–water partition coefficient (Wildman–Crippen LogP) is 2.52. The highest BCUT2D eigenvalue weighted by Gasteiger charge is 2.21. The number of anilines is 2. The number of nitrogen functional groups attached to an aromatic ring is 1. The first kappa shape index (κ1) is 14.1. The molecule has 2 aromatic heterocycles. The van der Waals surface area contributed by atoms with Crippen molar-refractivity contribution in [3.63, 3.8) is 0 Å². The van der Waals surface area contributed by atoms with Crippen LogP contribution in [-0.4, -0.2) is 26.7 Å². The molecule has 0 bridgehead atoms. The Morgan fingerprint density at radius 3 is 2.65 bits per heavy atom. The zero-order valence-corrected chi connectivity index (χ0v) is 14.0. The zero-order chi connectivity index (χ0) is 14.3. The van der Waals surface area contributed by atoms with E-state index in [0.29, 0.717) is 23.5 Å². The second-order valence-electron chi connectivity index (χ2n) is 5.14. The van der Waals surface area contributed by atoms with E-state index in [4.69, 9.17) is 11.5 Å². The minimum absolute atomic E-state index is 0.334. The summed E-state index contributed by atoms with van der Waals surface area (Å²) in [7, 11) is 0. The summed E-state index contributed by atoms with van der Waals surface area (Å²) in [6.45, 7) is 0. The lowest BCUT2D eigenvalue weighted by Crippen LogP contribution is -2.33. The molecule has 0 radical (unpaired) electrons. The molecular weight excluding hydrogens is 388 g/mol. The lowest BCUT2D eigenvalue weighted by Gasteiger charge is -2.27. The first-order valence-electron chi connectivity index (χ1n) is 6.56. The van der Waals surface area contributed by atoms with Gasteiger partial charge in [-0.2, -0.15) is 9.61 Å². The fourth-order valence-electron chi connectivity index (χ4n) is 2.52. The molecule has 108 valence electrons. The van der Waals surface area contributed by atoms with Crippen molar-refractivity contribution in [2.24, 2.45) is 5.73 Å². The summed E-state index contributed by atoms with van der Waals surface area (Å²) in [6, 6.07) is 0.725. The van der Waals surface area contributed by atoms with Crippen LogP contribution >= 0.6 is 31.9 Å². The number of nitrogens with zero attached hydrogens (tertiary/aromatic N) is 3. The van der Waals surface area contributed by atoms with Gasteiger partial charge in [0.25, 0.3) is 0 Å². The van der Waals surface area contributed by atoms with Gasteiger partial charge in [0.15, 0.2) is 5.65 Å². The van der Waals surface area contributed by atoms with E-state index in [9.17, 15) is 0 Å². The van der Waals surface area contributed by atoms with Crippen molar-refractivity contribution in [2.45, 2.75) is 37.8 Å². The van der Waals surface area contributed by atoms with Gasteiger partial charge in [-0.1, -0.05) is 0 Å². The minimum atomic E-state index is 0.334. The highest BCUT2D eigenvalue weighted by Crippen LogP contribution is 2.32. The van der Waals surface area contributed by atoms with Crippen LogP contribution in [0.25, 0.3) is 5.65 Å². The quantitative estimate of drug-likeness (QED) is 0.716. The zero-order valence-electron chi connectivity index (χ0n) is 10.8. The fourth-order valence-corrected chi connectivity index (χ4v) is 3.24. The van der Waals surface area contributed by atoms with E-state index in [-0.39, 0.29) is 0 Å². The number of fused-ring (bicyclic) bond motifs is 1. The van der Waals surface area contributed by atoms with Crippen LogP contribution < -0.4 is 16.8 Å². The number of nitrogens with two attached hydrogens (primary N) is 2. The first-order valence-corrected chi connectivity index (χ1v) is 8.15. The van der Waals surface area contributed by atoms with Gasteiger partial charge in [-0.15, -0.1) is 0 Å². The maximum atomic E-state index is 6.09. The smallest absolute Gasteiger partial charge is 0.173 e. The molecule has 0 aromatic carbocycles. The van der Waals surface area contributed by atoms with Gasteiger partial charge in [-0.3, -0.25) is 0 Å². The minimum Gasteiger partial charge on any atom is -0.383 e. The van der Waals surface area contributed by atoms with E-state index < -0.39 is 0 Å². The molecule has 1 aliphatic carbocycles. The SMILES string of the molecule is Nc1c(Br)c(NC2CCC(N)CC2)nc2c(Br)cnn12. The molecule has 1 fully saturated rings. The van der Waals surface area contributed by atoms with Crippen molar-refractivity contribution in [2.75, 3.05) is 11.1 Å². The molecule has 5 N–H and O–H groups in total. The Hall–Kier alpha value is -0.860. The molecule has 0 spiro atoms. The molecule has 0 atom stereocenters. The van der Waals surface area contributed by atoms with E-state index in [1.54, 1.807) is 10.7 Å². The molecule has 0 unspecified atom stereocenters. The van der Waals surface area contributed by atoms with Crippen molar-refractivity contribution in [3.05, 3.63) is 15.1 Å². The van der Waals surface area contributed by atoms with Crippen LogP contribution in [-0.2, 0) is 0 Å². The highest BCUT2D eigenvalue weighted by atomic mass is 79.9.